The van der Waals surface area contributed by atoms with Gasteiger partial charge in [-0.2, -0.15) is 0 Å². The molecular weight excluding hydrogens is 669 g/mol. The quantitative estimate of drug-likeness (QED) is 0.0365. The van der Waals surface area contributed by atoms with Crippen LogP contribution in [-0.4, -0.2) is 80.5 Å². The minimum Gasteiger partial charge on any atom is -0.388 e. The van der Waals surface area contributed by atoms with E-state index in [1.54, 1.807) is 0 Å². The Balaban J connectivity index is 3.87. The summed E-state index contributed by atoms with van der Waals surface area (Å²) in [6.45, 7) is 5.84. The van der Waals surface area contributed by atoms with E-state index in [9.17, 15) is 14.6 Å². The Bertz CT molecular complexity index is 764. The zero-order chi connectivity index (χ0) is 38.4. The molecular formula is C44H93NO6P+. The molecule has 0 aromatic heterocycles. The molecule has 0 saturated heterocycles. The third-order valence-electron chi connectivity index (χ3n) is 10.3. The van der Waals surface area contributed by atoms with E-state index in [4.69, 9.17) is 14.0 Å². The van der Waals surface area contributed by atoms with Crippen molar-refractivity contribution in [2.24, 2.45) is 0 Å². The van der Waals surface area contributed by atoms with Crippen LogP contribution in [-0.2, 0) is 18.6 Å². The lowest BCUT2D eigenvalue weighted by atomic mass is 10.0. The molecule has 0 aromatic carbocycles. The molecule has 7 nitrogen and oxygen atoms in total. The predicted molar refractivity (Wildman–Crippen MR) is 224 cm³/mol. The highest BCUT2D eigenvalue weighted by molar-refractivity contribution is 7.53. The average molecular weight is 763 g/mol. The van der Waals surface area contributed by atoms with E-state index in [2.05, 4.69) is 13.8 Å². The van der Waals surface area contributed by atoms with Crippen molar-refractivity contribution in [2.75, 3.05) is 54.1 Å². The molecule has 0 aliphatic rings. The highest BCUT2D eigenvalue weighted by Gasteiger charge is 2.38. The fourth-order valence-corrected chi connectivity index (χ4v) is 8.43. The van der Waals surface area contributed by atoms with Gasteiger partial charge in [-0.3, -0.25) is 4.57 Å². The normalized spacial score (nSPS) is 14.5. The fraction of sp³-hybridized carbons (Fsp3) is 1.00. The first-order valence-electron chi connectivity index (χ1n) is 22.8. The van der Waals surface area contributed by atoms with Crippen LogP contribution < -0.4 is 0 Å². The zero-order valence-electron chi connectivity index (χ0n) is 35.7. The molecule has 0 rings (SSSR count). The molecule has 0 saturated carbocycles. The molecule has 0 aliphatic carbocycles. The topological polar surface area (TPSA) is 85.2 Å². The van der Waals surface area contributed by atoms with Gasteiger partial charge in [0.15, 0.2) is 0 Å². The number of aliphatic hydroxyl groups excluding tert-OH is 1. The van der Waals surface area contributed by atoms with Gasteiger partial charge in [-0.05, 0) is 12.8 Å². The van der Waals surface area contributed by atoms with Gasteiger partial charge in [0.25, 0.3) is 0 Å². The number of quaternary nitrogens is 1. The van der Waals surface area contributed by atoms with Gasteiger partial charge in [-0.15, -0.1) is 0 Å². The van der Waals surface area contributed by atoms with Crippen LogP contribution in [0.5, 0.6) is 0 Å². The van der Waals surface area contributed by atoms with Gasteiger partial charge in [0.2, 0.25) is 5.85 Å². The van der Waals surface area contributed by atoms with Crippen molar-refractivity contribution in [3.05, 3.63) is 0 Å². The second kappa shape index (κ2) is 37.9. The Kier molecular flexibility index (Phi) is 37.9. The molecule has 2 N–H and O–H groups in total. The van der Waals surface area contributed by atoms with Crippen LogP contribution in [0.25, 0.3) is 0 Å². The van der Waals surface area contributed by atoms with Crippen molar-refractivity contribution >= 4 is 7.60 Å². The molecule has 8 heteroatoms. The Morgan fingerprint density at radius 3 is 1.12 bits per heavy atom. The van der Waals surface area contributed by atoms with Crippen LogP contribution in [0.3, 0.4) is 0 Å². The minimum atomic E-state index is -4.08. The lowest BCUT2D eigenvalue weighted by Gasteiger charge is -2.31. The maximum atomic E-state index is 13.2. The molecule has 0 heterocycles. The van der Waals surface area contributed by atoms with Crippen molar-refractivity contribution in [3.8, 4) is 0 Å². The minimum absolute atomic E-state index is 0.110. The maximum Gasteiger partial charge on any atom is 0.362 e. The van der Waals surface area contributed by atoms with E-state index in [0.29, 0.717) is 24.2 Å². The second-order valence-electron chi connectivity index (χ2n) is 17.0. The highest BCUT2D eigenvalue weighted by Crippen LogP contribution is 2.48. The maximum absolute atomic E-state index is 13.2. The standard InChI is InChI=1S/C44H92NO6P/c1-6-8-10-12-14-16-18-20-22-24-26-28-30-32-34-36-38-49-41-43(46)42-51-52(47,48)44(40-45(3,4)5)50-39-37-35-33-31-29-27-25-23-21-19-17-15-13-11-9-7-2/h43-44,46H,6-42H2,1-5H3/p+1/t43-,44?/m1/s1. The van der Waals surface area contributed by atoms with Crippen LogP contribution in [0.1, 0.15) is 219 Å². The van der Waals surface area contributed by atoms with Crippen molar-refractivity contribution in [3.63, 3.8) is 0 Å². The van der Waals surface area contributed by atoms with Gasteiger partial charge in [0.1, 0.15) is 12.6 Å². The highest BCUT2D eigenvalue weighted by atomic mass is 31.2. The van der Waals surface area contributed by atoms with Crippen LogP contribution in [0.4, 0.5) is 0 Å². The number of rotatable bonds is 43. The van der Waals surface area contributed by atoms with Gasteiger partial charge in [0, 0.05) is 13.2 Å². The van der Waals surface area contributed by atoms with Gasteiger partial charge in [0.05, 0.1) is 34.4 Å². The third-order valence-corrected chi connectivity index (χ3v) is 11.8. The van der Waals surface area contributed by atoms with E-state index in [0.717, 1.165) is 25.7 Å². The summed E-state index contributed by atoms with van der Waals surface area (Å²) in [5, 5.41) is 10.4. The Morgan fingerprint density at radius 2 is 0.788 bits per heavy atom. The number of likely N-dealkylation sites (N-methyl/N-ethyl adjacent to an activating group) is 1. The van der Waals surface area contributed by atoms with E-state index < -0.39 is 19.5 Å². The Labute approximate surface area is 325 Å². The molecule has 0 amide bonds. The van der Waals surface area contributed by atoms with Crippen LogP contribution in [0, 0.1) is 0 Å². The van der Waals surface area contributed by atoms with Gasteiger partial charge >= 0.3 is 7.60 Å². The van der Waals surface area contributed by atoms with Crippen molar-refractivity contribution in [1.29, 1.82) is 0 Å². The molecule has 3 atom stereocenters. The summed E-state index contributed by atoms with van der Waals surface area (Å²) in [5.74, 6) is -0.915. The van der Waals surface area contributed by atoms with Gasteiger partial charge in [-0.1, -0.05) is 206 Å². The number of hydrogen-bond acceptors (Lipinski definition) is 5. The van der Waals surface area contributed by atoms with Crippen LogP contribution >= 0.6 is 7.60 Å². The molecule has 0 aliphatic heterocycles. The molecule has 314 valence electrons. The number of ether oxygens (including phenoxy) is 2. The summed E-state index contributed by atoms with van der Waals surface area (Å²) < 4.78 is 30.7. The Hall–Kier alpha value is -0.0100. The number of aliphatic hydroxyl groups is 1. The van der Waals surface area contributed by atoms with Crippen molar-refractivity contribution in [1.82, 2.24) is 0 Å². The zero-order valence-corrected chi connectivity index (χ0v) is 36.6. The van der Waals surface area contributed by atoms with E-state index >= 15 is 0 Å². The molecule has 52 heavy (non-hydrogen) atoms. The summed E-state index contributed by atoms with van der Waals surface area (Å²) in [6.07, 6.45) is 41.3. The van der Waals surface area contributed by atoms with Gasteiger partial charge in [-0.25, -0.2) is 0 Å². The monoisotopic (exact) mass is 763 g/mol. The SMILES string of the molecule is CCCCCCCCCCCCCCCCCCOC[C@@H](O)COP(=O)(O)C(C[N+](C)(C)C)OCCCCCCCCCCCCCCCCCC. The lowest BCUT2D eigenvalue weighted by molar-refractivity contribution is -0.872. The Morgan fingerprint density at radius 1 is 0.481 bits per heavy atom. The fourth-order valence-electron chi connectivity index (χ4n) is 6.88. The van der Waals surface area contributed by atoms with E-state index in [1.165, 1.54) is 180 Å². The number of unbranched alkanes of at least 4 members (excludes halogenated alkanes) is 30. The van der Waals surface area contributed by atoms with Crippen molar-refractivity contribution in [2.45, 2.75) is 231 Å². The first-order valence-corrected chi connectivity index (χ1v) is 24.4. The molecule has 0 spiro atoms. The van der Waals surface area contributed by atoms with Gasteiger partial charge < -0.3 is 28.5 Å². The molecule has 0 aromatic rings. The van der Waals surface area contributed by atoms with Crippen LogP contribution in [0.15, 0.2) is 0 Å². The second-order valence-corrected chi connectivity index (χ2v) is 19.0. The summed E-state index contributed by atoms with van der Waals surface area (Å²) in [5.41, 5.74) is 0. The largest absolute Gasteiger partial charge is 0.388 e. The van der Waals surface area contributed by atoms with E-state index in [1.807, 2.05) is 21.1 Å². The first-order chi connectivity index (χ1) is 25.1. The summed E-state index contributed by atoms with van der Waals surface area (Å²) in [6, 6.07) is 0. The number of nitrogens with zero attached hydrogens (tertiary/aromatic N) is 1. The first kappa shape index (κ1) is 52.0. The van der Waals surface area contributed by atoms with Crippen LogP contribution in [0.2, 0.25) is 0 Å². The summed E-state index contributed by atoms with van der Waals surface area (Å²) >= 11 is 0. The summed E-state index contributed by atoms with van der Waals surface area (Å²) in [7, 11) is 1.86. The molecule has 0 fully saturated rings. The van der Waals surface area contributed by atoms with E-state index in [-0.39, 0.29) is 13.2 Å². The van der Waals surface area contributed by atoms with Crippen molar-refractivity contribution < 1.29 is 33.0 Å². The predicted octanol–water partition coefficient (Wildman–Crippen LogP) is 13.1. The molecule has 0 radical (unpaired) electrons. The smallest absolute Gasteiger partial charge is 0.362 e. The molecule has 0 bridgehead atoms. The molecule has 2 unspecified atom stereocenters. The summed E-state index contributed by atoms with van der Waals surface area (Å²) in [4.78, 5) is 10.8. The third kappa shape index (κ3) is 38.3. The lowest BCUT2D eigenvalue weighted by Crippen LogP contribution is -2.42. The average Bonchev–Trinajstić information content (AvgIpc) is 3.10. The number of hydrogen-bond donors (Lipinski definition) is 2.